The van der Waals surface area contributed by atoms with Crippen LogP contribution in [0.15, 0.2) is 77.1 Å². The second kappa shape index (κ2) is 10.8. The molecule has 0 fully saturated rings. The fraction of sp³-hybridized carbons (Fsp3) is 0.321. The summed E-state index contributed by atoms with van der Waals surface area (Å²) in [5.41, 5.74) is 2.25. The molecular weight excluding hydrogens is 465 g/mol. The van der Waals surface area contributed by atoms with Crippen molar-refractivity contribution in [2.45, 2.75) is 26.2 Å². The Morgan fingerprint density at radius 2 is 1.75 bits per heavy atom. The number of allylic oxidation sites excluding steroid dienone is 3. The molecule has 8 heteroatoms. The van der Waals surface area contributed by atoms with E-state index in [-0.39, 0.29) is 24.7 Å². The van der Waals surface area contributed by atoms with E-state index >= 15 is 0 Å². The minimum atomic E-state index is -0.992. The average Bonchev–Trinajstić information content (AvgIpc) is 2.86. The van der Waals surface area contributed by atoms with Crippen molar-refractivity contribution in [1.29, 1.82) is 0 Å². The van der Waals surface area contributed by atoms with E-state index in [0.717, 1.165) is 0 Å². The number of benzene rings is 2. The second-order valence-corrected chi connectivity index (χ2v) is 8.88. The fourth-order valence-corrected chi connectivity index (χ4v) is 4.83. The Labute approximate surface area is 208 Å². The van der Waals surface area contributed by atoms with Gasteiger partial charge < -0.3 is 19.5 Å². The first-order valence-corrected chi connectivity index (χ1v) is 11.7. The Bertz CT molecular complexity index is 1220. The zero-order chi connectivity index (χ0) is 25.8. The normalized spacial score (nSPS) is 21.4. The number of nitrogens with one attached hydrogen (secondary N) is 1. The van der Waals surface area contributed by atoms with Crippen molar-refractivity contribution < 1.29 is 33.0 Å². The standard InChI is InChI=1S/C28H28FNO6/c1-16-15-21-25(26(31)22(16)27(32)34-3)24(18-9-11-19(29)12-10-18)23(17(2)30-21)28(33)36-14-13-35-20-7-5-4-6-8-20/h4-12,16,22,24,30H,13-15H2,1-3H3/t16-,22-,24-/m0/s1. The molecule has 0 saturated carbocycles. The molecule has 0 amide bonds. The van der Waals surface area contributed by atoms with Crippen LogP contribution >= 0.6 is 0 Å². The van der Waals surface area contributed by atoms with Crippen LogP contribution in [0.4, 0.5) is 4.39 Å². The van der Waals surface area contributed by atoms with Crippen LogP contribution in [-0.2, 0) is 23.9 Å². The number of dihydropyridines is 1. The topological polar surface area (TPSA) is 90.9 Å². The van der Waals surface area contributed by atoms with Gasteiger partial charge in [0.2, 0.25) is 0 Å². The summed E-state index contributed by atoms with van der Waals surface area (Å²) in [5.74, 6) is -3.56. The van der Waals surface area contributed by atoms with Gasteiger partial charge in [-0.1, -0.05) is 37.3 Å². The molecule has 0 radical (unpaired) electrons. The molecule has 2 aromatic rings. The van der Waals surface area contributed by atoms with Crippen LogP contribution in [0.2, 0.25) is 0 Å². The van der Waals surface area contributed by atoms with Gasteiger partial charge in [0, 0.05) is 22.9 Å². The van der Waals surface area contributed by atoms with E-state index in [1.165, 1.54) is 31.4 Å². The lowest BCUT2D eigenvalue weighted by Crippen LogP contribution is -2.43. The summed E-state index contributed by atoms with van der Waals surface area (Å²) >= 11 is 0. The van der Waals surface area contributed by atoms with E-state index in [1.54, 1.807) is 19.1 Å². The molecule has 4 rings (SSSR count). The molecule has 0 saturated heterocycles. The van der Waals surface area contributed by atoms with Crippen molar-refractivity contribution in [1.82, 2.24) is 5.32 Å². The Morgan fingerprint density at radius 1 is 1.06 bits per heavy atom. The number of esters is 2. The van der Waals surface area contributed by atoms with Crippen molar-refractivity contribution in [2.24, 2.45) is 11.8 Å². The molecule has 36 heavy (non-hydrogen) atoms. The number of ether oxygens (including phenoxy) is 3. The van der Waals surface area contributed by atoms with Crippen LogP contribution in [-0.4, -0.2) is 38.0 Å². The van der Waals surface area contributed by atoms with Gasteiger partial charge in [-0.3, -0.25) is 9.59 Å². The number of para-hydroxylation sites is 1. The van der Waals surface area contributed by atoms with Crippen LogP contribution in [0.25, 0.3) is 0 Å². The lowest BCUT2D eigenvalue weighted by atomic mass is 9.69. The molecule has 0 unspecified atom stereocenters. The third-order valence-electron chi connectivity index (χ3n) is 6.49. The minimum Gasteiger partial charge on any atom is -0.490 e. The molecule has 1 aliphatic heterocycles. The number of hydrogen-bond donors (Lipinski definition) is 1. The predicted molar refractivity (Wildman–Crippen MR) is 129 cm³/mol. The minimum absolute atomic E-state index is 0.0116. The number of carbonyl (C=O) groups excluding carboxylic acids is 3. The highest BCUT2D eigenvalue weighted by atomic mass is 19.1. The number of rotatable bonds is 7. The van der Waals surface area contributed by atoms with Gasteiger partial charge in [-0.15, -0.1) is 0 Å². The van der Waals surface area contributed by atoms with E-state index in [2.05, 4.69) is 5.32 Å². The highest BCUT2D eigenvalue weighted by Gasteiger charge is 2.47. The van der Waals surface area contributed by atoms with Crippen molar-refractivity contribution in [3.8, 4) is 5.75 Å². The molecule has 2 aliphatic rings. The zero-order valence-corrected chi connectivity index (χ0v) is 20.4. The summed E-state index contributed by atoms with van der Waals surface area (Å²) in [6.45, 7) is 3.68. The molecule has 7 nitrogen and oxygen atoms in total. The molecule has 3 atom stereocenters. The van der Waals surface area contributed by atoms with Gasteiger partial charge in [0.25, 0.3) is 0 Å². The maximum Gasteiger partial charge on any atom is 0.336 e. The smallest absolute Gasteiger partial charge is 0.336 e. The highest BCUT2D eigenvalue weighted by Crippen LogP contribution is 2.45. The predicted octanol–water partition coefficient (Wildman–Crippen LogP) is 4.06. The summed E-state index contributed by atoms with van der Waals surface area (Å²) in [6, 6.07) is 14.8. The maximum absolute atomic E-state index is 13.7. The Balaban J connectivity index is 1.63. The van der Waals surface area contributed by atoms with Gasteiger partial charge in [-0.25, -0.2) is 9.18 Å². The van der Waals surface area contributed by atoms with Crippen LogP contribution in [0.3, 0.4) is 0 Å². The van der Waals surface area contributed by atoms with Crippen LogP contribution in [0.1, 0.15) is 31.7 Å². The largest absolute Gasteiger partial charge is 0.490 e. The van der Waals surface area contributed by atoms with Gasteiger partial charge in [-0.05, 0) is 49.1 Å². The van der Waals surface area contributed by atoms with E-state index in [0.29, 0.717) is 34.7 Å². The lowest BCUT2D eigenvalue weighted by Gasteiger charge is -2.38. The molecule has 1 aliphatic carbocycles. The SMILES string of the molecule is COC(=O)[C@@H]1C(=O)C2=C(C[C@@H]1C)NC(C)=C(C(=O)OCCOc1ccccc1)[C@@H]2c1ccc(F)cc1. The highest BCUT2D eigenvalue weighted by molar-refractivity contribution is 6.12. The monoisotopic (exact) mass is 493 g/mol. The van der Waals surface area contributed by atoms with E-state index in [9.17, 15) is 18.8 Å². The van der Waals surface area contributed by atoms with Crippen molar-refractivity contribution in [3.05, 3.63) is 88.5 Å². The summed E-state index contributed by atoms with van der Waals surface area (Å²) in [6.07, 6.45) is 0.420. The van der Waals surface area contributed by atoms with Gasteiger partial charge in [-0.2, -0.15) is 0 Å². The Kier molecular flexibility index (Phi) is 7.52. The first-order chi connectivity index (χ1) is 17.3. The Morgan fingerprint density at radius 3 is 2.42 bits per heavy atom. The van der Waals surface area contributed by atoms with Crippen molar-refractivity contribution >= 4 is 17.7 Å². The Hall–Kier alpha value is -3.94. The summed E-state index contributed by atoms with van der Waals surface area (Å²) in [4.78, 5) is 39.4. The second-order valence-electron chi connectivity index (χ2n) is 8.88. The number of halogens is 1. The number of carbonyl (C=O) groups is 3. The molecule has 2 aromatic carbocycles. The molecule has 1 N–H and O–H groups in total. The van der Waals surface area contributed by atoms with E-state index in [1.807, 2.05) is 25.1 Å². The molecular formula is C28H28FNO6. The fourth-order valence-electron chi connectivity index (χ4n) is 4.83. The van der Waals surface area contributed by atoms with Crippen molar-refractivity contribution in [2.75, 3.05) is 20.3 Å². The lowest BCUT2D eigenvalue weighted by molar-refractivity contribution is -0.151. The van der Waals surface area contributed by atoms with Crippen LogP contribution in [0.5, 0.6) is 5.75 Å². The third-order valence-corrected chi connectivity index (χ3v) is 6.49. The number of ketones is 1. The van der Waals surface area contributed by atoms with Gasteiger partial charge in [0.1, 0.15) is 30.7 Å². The summed E-state index contributed by atoms with van der Waals surface area (Å²) in [5, 5.41) is 3.20. The first kappa shape index (κ1) is 25.2. The summed E-state index contributed by atoms with van der Waals surface area (Å²) in [7, 11) is 1.24. The number of hydrogen-bond acceptors (Lipinski definition) is 7. The maximum atomic E-state index is 13.7. The van der Waals surface area contributed by atoms with Gasteiger partial charge in [0.05, 0.1) is 12.7 Å². The van der Waals surface area contributed by atoms with E-state index in [4.69, 9.17) is 14.2 Å². The molecule has 0 spiro atoms. The summed E-state index contributed by atoms with van der Waals surface area (Å²) < 4.78 is 29.7. The quantitative estimate of drug-likeness (QED) is 0.353. The zero-order valence-electron chi connectivity index (χ0n) is 20.4. The molecule has 0 aromatic heterocycles. The van der Waals surface area contributed by atoms with Gasteiger partial charge in [0.15, 0.2) is 5.78 Å². The molecule has 188 valence electrons. The first-order valence-electron chi connectivity index (χ1n) is 11.7. The third kappa shape index (κ3) is 5.03. The van der Waals surface area contributed by atoms with Crippen molar-refractivity contribution in [3.63, 3.8) is 0 Å². The number of methoxy groups -OCH3 is 1. The van der Waals surface area contributed by atoms with Gasteiger partial charge >= 0.3 is 11.9 Å². The van der Waals surface area contributed by atoms with E-state index < -0.39 is 35.4 Å². The number of Topliss-reactive ketones (excluding diaryl/α,β-unsaturated/α-hetero) is 1. The molecule has 0 bridgehead atoms. The van der Waals surface area contributed by atoms with Crippen LogP contribution in [0, 0.1) is 17.7 Å². The average molecular weight is 494 g/mol. The molecule has 1 heterocycles. The van der Waals surface area contributed by atoms with Crippen LogP contribution < -0.4 is 10.1 Å².